The van der Waals surface area contributed by atoms with Crippen molar-refractivity contribution < 1.29 is 0 Å². The van der Waals surface area contributed by atoms with Crippen LogP contribution in [0.4, 0.5) is 0 Å². The number of hydrogen-bond donors (Lipinski definition) is 0. The van der Waals surface area contributed by atoms with Crippen LogP contribution in [-0.2, 0) is 0 Å². The molecule has 0 spiro atoms. The van der Waals surface area contributed by atoms with Crippen molar-refractivity contribution in [1.29, 1.82) is 0 Å². The maximum absolute atomic E-state index is 2.20. The average Bonchev–Trinajstić information content (AvgIpc) is 2.29. The zero-order chi connectivity index (χ0) is 12.8. The largest absolute Gasteiger partial charge is 0.0776 e. The first-order chi connectivity index (χ1) is 7.99. The van der Waals surface area contributed by atoms with Gasteiger partial charge in [-0.05, 0) is 45.7 Å². The summed E-state index contributed by atoms with van der Waals surface area (Å²) in [7, 11) is 0. The van der Waals surface area contributed by atoms with Crippen LogP contribution in [0.25, 0.3) is 0 Å². The van der Waals surface area contributed by atoms with Gasteiger partial charge in [0, 0.05) is 0 Å². The standard InChI is InChI=1S/C9H12.C8H10.2CH4/c1-7-4-5-8(2)9(3)6-7;1-7-3-5-8(2)6-4-7;;/h4-6H,1-3H3;3-6H,1-2H3;2*1H4. The first-order valence-electron chi connectivity index (χ1n) is 6.06. The molecular formula is C19H30. The molecule has 0 radical (unpaired) electrons. The Morgan fingerprint density at radius 3 is 1.16 bits per heavy atom. The highest BCUT2D eigenvalue weighted by atomic mass is 13.9. The molecule has 0 heterocycles. The Labute approximate surface area is 120 Å². The van der Waals surface area contributed by atoms with Crippen molar-refractivity contribution in [3.05, 3.63) is 70.3 Å². The van der Waals surface area contributed by atoms with Gasteiger partial charge in [0.1, 0.15) is 0 Å². The molecule has 0 aromatic heterocycles. The van der Waals surface area contributed by atoms with Crippen LogP contribution >= 0.6 is 0 Å². The highest BCUT2D eigenvalue weighted by Gasteiger charge is 1.89. The first-order valence-corrected chi connectivity index (χ1v) is 6.06. The van der Waals surface area contributed by atoms with E-state index in [1.54, 1.807) is 0 Å². The average molecular weight is 258 g/mol. The van der Waals surface area contributed by atoms with Crippen LogP contribution in [0.5, 0.6) is 0 Å². The highest BCUT2D eigenvalue weighted by molar-refractivity contribution is 5.28. The molecule has 2 aromatic carbocycles. The van der Waals surface area contributed by atoms with Gasteiger partial charge in [0.15, 0.2) is 0 Å². The van der Waals surface area contributed by atoms with Gasteiger partial charge in [0.2, 0.25) is 0 Å². The summed E-state index contributed by atoms with van der Waals surface area (Å²) < 4.78 is 0. The molecule has 0 saturated heterocycles. The van der Waals surface area contributed by atoms with Crippen molar-refractivity contribution in [2.24, 2.45) is 0 Å². The second-order valence-corrected chi connectivity index (χ2v) is 4.74. The summed E-state index contributed by atoms with van der Waals surface area (Å²) in [5, 5.41) is 0. The van der Waals surface area contributed by atoms with Crippen LogP contribution < -0.4 is 0 Å². The van der Waals surface area contributed by atoms with E-state index in [-0.39, 0.29) is 14.9 Å². The topological polar surface area (TPSA) is 0 Å². The second kappa shape index (κ2) is 9.38. The van der Waals surface area contributed by atoms with Gasteiger partial charge in [0.05, 0.1) is 0 Å². The summed E-state index contributed by atoms with van der Waals surface area (Å²) in [5.41, 5.74) is 6.76. The molecule has 106 valence electrons. The zero-order valence-electron chi connectivity index (χ0n) is 11.5. The Hall–Kier alpha value is -1.56. The molecule has 0 amide bonds. The molecule has 0 aliphatic carbocycles. The molecule has 0 bridgehead atoms. The van der Waals surface area contributed by atoms with E-state index in [1.807, 2.05) is 0 Å². The van der Waals surface area contributed by atoms with E-state index in [2.05, 4.69) is 77.1 Å². The third-order valence-electron chi connectivity index (χ3n) is 2.88. The summed E-state index contributed by atoms with van der Waals surface area (Å²) in [4.78, 5) is 0. The van der Waals surface area contributed by atoms with E-state index in [0.29, 0.717) is 0 Å². The first kappa shape index (κ1) is 19.8. The van der Waals surface area contributed by atoms with E-state index < -0.39 is 0 Å². The van der Waals surface area contributed by atoms with Gasteiger partial charge in [-0.25, -0.2) is 0 Å². The van der Waals surface area contributed by atoms with E-state index >= 15 is 0 Å². The van der Waals surface area contributed by atoms with E-state index in [1.165, 1.54) is 27.8 Å². The lowest BCUT2D eigenvalue weighted by Crippen LogP contribution is -1.79. The normalized spacial score (nSPS) is 8.47. The molecule has 0 aliphatic rings. The number of aryl methyl sites for hydroxylation is 5. The molecule has 19 heavy (non-hydrogen) atoms. The molecule has 2 rings (SSSR count). The van der Waals surface area contributed by atoms with Gasteiger partial charge < -0.3 is 0 Å². The molecule has 0 heteroatoms. The fourth-order valence-corrected chi connectivity index (χ4v) is 1.53. The zero-order valence-corrected chi connectivity index (χ0v) is 11.5. The molecule has 0 unspecified atom stereocenters. The highest BCUT2D eigenvalue weighted by Crippen LogP contribution is 2.07. The number of hydrogen-bond acceptors (Lipinski definition) is 0. The predicted molar refractivity (Wildman–Crippen MR) is 90.0 cm³/mol. The molecule has 0 N–H and O–H groups in total. The van der Waals surface area contributed by atoms with E-state index in [9.17, 15) is 0 Å². The molecule has 2 aromatic rings. The summed E-state index contributed by atoms with van der Waals surface area (Å²) in [6, 6.07) is 15.0. The van der Waals surface area contributed by atoms with Gasteiger partial charge >= 0.3 is 0 Å². The Balaban J connectivity index is 0. The minimum atomic E-state index is 0. The second-order valence-electron chi connectivity index (χ2n) is 4.74. The van der Waals surface area contributed by atoms with Crippen LogP contribution in [0, 0.1) is 34.6 Å². The SMILES string of the molecule is C.C.Cc1ccc(C)c(C)c1.Cc1ccc(C)cc1. The van der Waals surface area contributed by atoms with Crippen LogP contribution in [0.15, 0.2) is 42.5 Å². The van der Waals surface area contributed by atoms with Crippen LogP contribution in [-0.4, -0.2) is 0 Å². The van der Waals surface area contributed by atoms with Gasteiger partial charge in [0.25, 0.3) is 0 Å². The van der Waals surface area contributed by atoms with E-state index in [0.717, 1.165) is 0 Å². The number of benzene rings is 2. The Morgan fingerprint density at radius 1 is 0.474 bits per heavy atom. The minimum Gasteiger partial charge on any atom is -0.0776 e. The third-order valence-corrected chi connectivity index (χ3v) is 2.88. The monoisotopic (exact) mass is 258 g/mol. The third kappa shape index (κ3) is 7.46. The van der Waals surface area contributed by atoms with Gasteiger partial charge in [-0.1, -0.05) is 74.0 Å². The Kier molecular flexibility index (Phi) is 9.76. The van der Waals surface area contributed by atoms with Gasteiger partial charge in [-0.2, -0.15) is 0 Å². The van der Waals surface area contributed by atoms with Gasteiger partial charge in [-0.3, -0.25) is 0 Å². The van der Waals surface area contributed by atoms with Crippen LogP contribution in [0.2, 0.25) is 0 Å². The lowest BCUT2D eigenvalue weighted by atomic mass is 10.1. The van der Waals surface area contributed by atoms with Crippen molar-refractivity contribution in [3.63, 3.8) is 0 Å². The molecule has 0 aliphatic heterocycles. The maximum atomic E-state index is 2.20. The number of rotatable bonds is 0. The van der Waals surface area contributed by atoms with Crippen molar-refractivity contribution in [3.8, 4) is 0 Å². The smallest absolute Gasteiger partial charge is 0.0395 e. The quantitative estimate of drug-likeness (QED) is 0.528. The molecule has 0 fully saturated rings. The van der Waals surface area contributed by atoms with Crippen molar-refractivity contribution >= 4 is 0 Å². The summed E-state index contributed by atoms with van der Waals surface area (Å²) in [6.45, 7) is 10.6. The minimum absolute atomic E-state index is 0. The lowest BCUT2D eigenvalue weighted by molar-refractivity contribution is 1.30. The van der Waals surface area contributed by atoms with Crippen molar-refractivity contribution in [2.75, 3.05) is 0 Å². The summed E-state index contributed by atoms with van der Waals surface area (Å²) in [6.07, 6.45) is 0. The summed E-state index contributed by atoms with van der Waals surface area (Å²) >= 11 is 0. The Bertz CT molecular complexity index is 443. The lowest BCUT2D eigenvalue weighted by Gasteiger charge is -1.98. The van der Waals surface area contributed by atoms with Crippen LogP contribution in [0.3, 0.4) is 0 Å². The van der Waals surface area contributed by atoms with Crippen molar-refractivity contribution in [2.45, 2.75) is 49.5 Å². The molecular weight excluding hydrogens is 228 g/mol. The van der Waals surface area contributed by atoms with E-state index in [4.69, 9.17) is 0 Å². The van der Waals surface area contributed by atoms with Crippen LogP contribution in [0.1, 0.15) is 42.7 Å². The fourth-order valence-electron chi connectivity index (χ4n) is 1.53. The van der Waals surface area contributed by atoms with Crippen molar-refractivity contribution in [1.82, 2.24) is 0 Å². The molecule has 0 atom stereocenters. The Morgan fingerprint density at radius 2 is 0.842 bits per heavy atom. The van der Waals surface area contributed by atoms with Gasteiger partial charge in [-0.15, -0.1) is 0 Å². The predicted octanol–water partition coefficient (Wildman–Crippen LogP) is 6.19. The summed E-state index contributed by atoms with van der Waals surface area (Å²) in [5.74, 6) is 0. The fraction of sp³-hybridized carbons (Fsp3) is 0.368. The molecule has 0 nitrogen and oxygen atoms in total. The maximum Gasteiger partial charge on any atom is -0.0395 e. The molecule has 0 saturated carbocycles.